The largest absolute Gasteiger partial charge is 0.342 e. The molecule has 1 fully saturated rings. The van der Waals surface area contributed by atoms with E-state index in [1.807, 2.05) is 59.5 Å². The van der Waals surface area contributed by atoms with E-state index in [1.165, 1.54) is 11.3 Å². The van der Waals surface area contributed by atoms with Gasteiger partial charge < -0.3 is 15.1 Å². The lowest BCUT2D eigenvalue weighted by Crippen LogP contribution is -2.51. The Kier molecular flexibility index (Phi) is 5.85. The number of rotatable bonds is 4. The molecule has 3 aromatic rings. The standard InChI is InChI=1S/C22H22ClN3O2S/c1-25-11-12-26(17(14-25)15-7-3-2-4-8-15)19(27)13-24-22(28)21-20(23)16-9-5-6-10-18(16)29-21/h2-10,17H,11-14H2,1H3,(H,24,28). The molecule has 2 amide bonds. The van der Waals surface area contributed by atoms with Crippen LogP contribution in [0.1, 0.15) is 21.3 Å². The van der Waals surface area contributed by atoms with Crippen molar-refractivity contribution in [3.63, 3.8) is 0 Å². The molecule has 0 saturated carbocycles. The number of piperazine rings is 1. The van der Waals surface area contributed by atoms with E-state index in [9.17, 15) is 9.59 Å². The number of halogens is 1. The lowest BCUT2D eigenvalue weighted by atomic mass is 10.0. The molecular weight excluding hydrogens is 406 g/mol. The highest BCUT2D eigenvalue weighted by atomic mass is 35.5. The molecule has 29 heavy (non-hydrogen) atoms. The Bertz CT molecular complexity index is 1040. The number of nitrogens with one attached hydrogen (secondary N) is 1. The van der Waals surface area contributed by atoms with E-state index in [0.717, 1.165) is 28.7 Å². The summed E-state index contributed by atoms with van der Waals surface area (Å²) in [6, 6.07) is 17.6. The molecule has 1 saturated heterocycles. The van der Waals surface area contributed by atoms with Gasteiger partial charge in [-0.15, -0.1) is 11.3 Å². The van der Waals surface area contributed by atoms with Gasteiger partial charge in [-0.25, -0.2) is 0 Å². The van der Waals surface area contributed by atoms with Crippen molar-refractivity contribution in [2.75, 3.05) is 33.2 Å². The Morgan fingerprint density at radius 1 is 1.10 bits per heavy atom. The molecule has 2 aromatic carbocycles. The molecule has 7 heteroatoms. The predicted octanol–water partition coefficient (Wildman–Crippen LogP) is 3.80. The number of carbonyl (C=O) groups excluding carboxylic acids is 2. The summed E-state index contributed by atoms with van der Waals surface area (Å²) in [6.07, 6.45) is 0. The van der Waals surface area contributed by atoms with Crippen LogP contribution in [-0.4, -0.2) is 54.8 Å². The zero-order valence-electron chi connectivity index (χ0n) is 16.1. The molecule has 150 valence electrons. The zero-order chi connectivity index (χ0) is 20.4. The lowest BCUT2D eigenvalue weighted by molar-refractivity contribution is -0.135. The van der Waals surface area contributed by atoms with Gasteiger partial charge in [-0.3, -0.25) is 9.59 Å². The van der Waals surface area contributed by atoms with Crippen LogP contribution in [0.4, 0.5) is 0 Å². The van der Waals surface area contributed by atoms with E-state index in [2.05, 4.69) is 17.3 Å². The van der Waals surface area contributed by atoms with Crippen LogP contribution in [0.25, 0.3) is 10.1 Å². The van der Waals surface area contributed by atoms with Crippen LogP contribution in [0.15, 0.2) is 54.6 Å². The fourth-order valence-electron chi connectivity index (χ4n) is 3.68. The number of benzene rings is 2. The quantitative estimate of drug-likeness (QED) is 0.689. The van der Waals surface area contributed by atoms with Crippen molar-refractivity contribution in [2.24, 2.45) is 0 Å². The normalized spacial score (nSPS) is 17.4. The topological polar surface area (TPSA) is 52.6 Å². The van der Waals surface area contributed by atoms with Crippen molar-refractivity contribution in [1.29, 1.82) is 0 Å². The van der Waals surface area contributed by atoms with Crippen LogP contribution in [0.2, 0.25) is 5.02 Å². The molecule has 0 spiro atoms. The van der Waals surface area contributed by atoms with Gasteiger partial charge in [0.05, 0.1) is 17.6 Å². The number of hydrogen-bond donors (Lipinski definition) is 1. The van der Waals surface area contributed by atoms with E-state index in [4.69, 9.17) is 11.6 Å². The average molecular weight is 428 g/mol. The Balaban J connectivity index is 1.46. The summed E-state index contributed by atoms with van der Waals surface area (Å²) < 4.78 is 0.956. The van der Waals surface area contributed by atoms with Gasteiger partial charge >= 0.3 is 0 Å². The number of thiophene rings is 1. The van der Waals surface area contributed by atoms with Gasteiger partial charge in [0, 0.05) is 29.7 Å². The van der Waals surface area contributed by atoms with Crippen molar-refractivity contribution in [1.82, 2.24) is 15.1 Å². The number of hydrogen-bond acceptors (Lipinski definition) is 4. The van der Waals surface area contributed by atoms with Gasteiger partial charge in [-0.05, 0) is 18.7 Å². The molecule has 1 N–H and O–H groups in total. The van der Waals surface area contributed by atoms with E-state index in [1.54, 1.807) is 0 Å². The minimum absolute atomic E-state index is 0.0211. The van der Waals surface area contributed by atoms with E-state index >= 15 is 0 Å². The second-order valence-electron chi connectivity index (χ2n) is 7.20. The third kappa shape index (κ3) is 4.15. The Labute approximate surface area is 178 Å². The van der Waals surface area contributed by atoms with Crippen molar-refractivity contribution < 1.29 is 9.59 Å². The maximum Gasteiger partial charge on any atom is 0.263 e. The summed E-state index contributed by atoms with van der Waals surface area (Å²) in [6.45, 7) is 2.17. The number of carbonyl (C=O) groups is 2. The van der Waals surface area contributed by atoms with Gasteiger partial charge in [0.2, 0.25) is 5.91 Å². The van der Waals surface area contributed by atoms with Crippen molar-refractivity contribution in [3.05, 3.63) is 70.1 Å². The molecular formula is C22H22ClN3O2S. The molecule has 0 aliphatic carbocycles. The second-order valence-corrected chi connectivity index (χ2v) is 8.63. The molecule has 1 atom stereocenters. The van der Waals surface area contributed by atoms with Crippen LogP contribution in [0, 0.1) is 0 Å². The molecule has 0 radical (unpaired) electrons. The van der Waals surface area contributed by atoms with E-state index in [-0.39, 0.29) is 24.4 Å². The van der Waals surface area contributed by atoms with Gasteiger partial charge in [0.15, 0.2) is 0 Å². The Morgan fingerprint density at radius 2 is 1.83 bits per heavy atom. The molecule has 2 heterocycles. The molecule has 5 nitrogen and oxygen atoms in total. The Hall–Kier alpha value is -2.41. The molecule has 1 aliphatic rings. The molecule has 1 aromatic heterocycles. The fourth-order valence-corrected chi connectivity index (χ4v) is 5.11. The first kappa shape index (κ1) is 19.9. The SMILES string of the molecule is CN1CCN(C(=O)CNC(=O)c2sc3ccccc3c2Cl)C(c2ccccc2)C1. The summed E-state index contributed by atoms with van der Waals surface area (Å²) in [4.78, 5) is 30.1. The highest BCUT2D eigenvalue weighted by Gasteiger charge is 2.30. The van der Waals surface area contributed by atoms with Gasteiger partial charge in [0.25, 0.3) is 5.91 Å². The van der Waals surface area contributed by atoms with Crippen LogP contribution in [0.5, 0.6) is 0 Å². The molecule has 0 bridgehead atoms. The second kappa shape index (κ2) is 8.53. The number of nitrogens with zero attached hydrogens (tertiary/aromatic N) is 2. The first-order chi connectivity index (χ1) is 14.0. The van der Waals surface area contributed by atoms with Crippen LogP contribution < -0.4 is 5.32 Å². The minimum atomic E-state index is -0.310. The maximum atomic E-state index is 12.9. The van der Waals surface area contributed by atoms with Crippen LogP contribution in [0.3, 0.4) is 0 Å². The Morgan fingerprint density at radius 3 is 2.59 bits per heavy atom. The predicted molar refractivity (Wildman–Crippen MR) is 118 cm³/mol. The molecule has 4 rings (SSSR count). The van der Waals surface area contributed by atoms with E-state index in [0.29, 0.717) is 16.4 Å². The summed E-state index contributed by atoms with van der Waals surface area (Å²) in [5.41, 5.74) is 1.10. The first-order valence-electron chi connectivity index (χ1n) is 9.53. The zero-order valence-corrected chi connectivity index (χ0v) is 17.7. The smallest absolute Gasteiger partial charge is 0.263 e. The number of likely N-dealkylation sites (N-methyl/N-ethyl adjacent to an activating group) is 1. The third-order valence-corrected chi connectivity index (χ3v) is 6.90. The maximum absolute atomic E-state index is 12.9. The summed E-state index contributed by atoms with van der Waals surface area (Å²) in [5.74, 6) is -0.396. The highest BCUT2D eigenvalue weighted by molar-refractivity contribution is 7.21. The first-order valence-corrected chi connectivity index (χ1v) is 10.7. The highest BCUT2D eigenvalue weighted by Crippen LogP contribution is 2.35. The lowest BCUT2D eigenvalue weighted by Gasteiger charge is -2.40. The van der Waals surface area contributed by atoms with Gasteiger partial charge in [0.1, 0.15) is 4.88 Å². The van der Waals surface area contributed by atoms with Gasteiger partial charge in [-0.1, -0.05) is 60.1 Å². The minimum Gasteiger partial charge on any atom is -0.342 e. The van der Waals surface area contributed by atoms with Crippen molar-refractivity contribution in [2.45, 2.75) is 6.04 Å². The monoisotopic (exact) mass is 427 g/mol. The van der Waals surface area contributed by atoms with Crippen molar-refractivity contribution >= 4 is 44.8 Å². The number of amides is 2. The summed E-state index contributed by atoms with van der Waals surface area (Å²) in [5, 5.41) is 4.07. The number of fused-ring (bicyclic) bond motifs is 1. The van der Waals surface area contributed by atoms with Gasteiger partial charge in [-0.2, -0.15) is 0 Å². The molecule has 1 unspecified atom stereocenters. The summed E-state index contributed by atoms with van der Waals surface area (Å²) >= 11 is 7.73. The molecule has 1 aliphatic heterocycles. The fraction of sp³-hybridized carbons (Fsp3) is 0.273. The third-order valence-electron chi connectivity index (χ3n) is 5.23. The van der Waals surface area contributed by atoms with E-state index < -0.39 is 0 Å². The van der Waals surface area contributed by atoms with Crippen LogP contribution >= 0.6 is 22.9 Å². The average Bonchev–Trinajstić information content (AvgIpc) is 3.09. The summed E-state index contributed by atoms with van der Waals surface area (Å²) in [7, 11) is 2.06. The van der Waals surface area contributed by atoms with Crippen LogP contribution in [-0.2, 0) is 4.79 Å². The van der Waals surface area contributed by atoms with Crippen molar-refractivity contribution in [3.8, 4) is 0 Å².